The van der Waals surface area contributed by atoms with E-state index in [1.54, 1.807) is 19.2 Å². The minimum absolute atomic E-state index is 0.223. The molecule has 1 aromatic heterocycles. The van der Waals surface area contributed by atoms with Crippen molar-refractivity contribution in [2.75, 3.05) is 20.3 Å². The van der Waals surface area contributed by atoms with Crippen LogP contribution in [0.5, 0.6) is 5.75 Å². The Hall–Kier alpha value is -2.27. The number of carbonyl (C=O) groups excluding carboxylic acids is 1. The van der Waals surface area contributed by atoms with Crippen molar-refractivity contribution in [1.29, 1.82) is 0 Å². The number of methoxy groups -OCH3 is 1. The lowest BCUT2D eigenvalue weighted by atomic mass is 10.1. The Labute approximate surface area is 136 Å². The van der Waals surface area contributed by atoms with E-state index in [0.717, 1.165) is 23.3 Å². The lowest BCUT2D eigenvalue weighted by molar-refractivity contribution is 0.0917. The highest BCUT2D eigenvalue weighted by Gasteiger charge is 2.11. The number of para-hydroxylation sites is 1. The van der Waals surface area contributed by atoms with Gasteiger partial charge in [0.1, 0.15) is 18.1 Å². The zero-order valence-corrected chi connectivity index (χ0v) is 13.8. The zero-order valence-electron chi connectivity index (χ0n) is 13.8. The maximum absolute atomic E-state index is 11.9. The van der Waals surface area contributed by atoms with Crippen molar-refractivity contribution in [2.24, 2.45) is 0 Å². The van der Waals surface area contributed by atoms with Crippen LogP contribution in [0.1, 0.15) is 33.9 Å². The molecule has 0 fully saturated rings. The van der Waals surface area contributed by atoms with Gasteiger partial charge in [0, 0.05) is 20.3 Å². The summed E-state index contributed by atoms with van der Waals surface area (Å²) in [5, 5.41) is 2.79. The first-order valence-electron chi connectivity index (χ1n) is 7.66. The van der Waals surface area contributed by atoms with Crippen LogP contribution in [-0.4, -0.2) is 26.2 Å². The van der Waals surface area contributed by atoms with Crippen molar-refractivity contribution in [3.63, 3.8) is 0 Å². The van der Waals surface area contributed by atoms with Gasteiger partial charge in [0.25, 0.3) is 5.91 Å². The summed E-state index contributed by atoms with van der Waals surface area (Å²) in [6, 6.07) is 9.43. The summed E-state index contributed by atoms with van der Waals surface area (Å²) in [5.74, 6) is 1.55. The number of furan rings is 1. The summed E-state index contributed by atoms with van der Waals surface area (Å²) < 4.78 is 16.3. The summed E-state index contributed by atoms with van der Waals surface area (Å²) in [5.41, 5.74) is 2.15. The molecule has 0 unspecified atom stereocenters. The fraction of sp³-hybridized carbons (Fsp3) is 0.389. The standard InChI is InChI=1S/C18H23NO4/c1-13-6-4-7-14(2)17(13)22-12-15-8-9-16(23-15)18(20)19-10-5-11-21-3/h4,6-9H,5,10-12H2,1-3H3,(H,19,20). The van der Waals surface area contributed by atoms with Crippen molar-refractivity contribution in [3.8, 4) is 5.75 Å². The summed E-state index contributed by atoms with van der Waals surface area (Å²) >= 11 is 0. The number of benzene rings is 1. The number of amides is 1. The minimum Gasteiger partial charge on any atom is -0.485 e. The molecular formula is C18H23NO4. The number of nitrogens with one attached hydrogen (secondary N) is 1. The molecule has 0 aliphatic heterocycles. The predicted octanol–water partition coefficient (Wildman–Crippen LogP) is 3.24. The quantitative estimate of drug-likeness (QED) is 0.759. The molecule has 0 bridgehead atoms. The van der Waals surface area contributed by atoms with Gasteiger partial charge in [-0.1, -0.05) is 18.2 Å². The Kier molecular flexibility index (Phi) is 6.23. The first-order valence-corrected chi connectivity index (χ1v) is 7.66. The molecule has 23 heavy (non-hydrogen) atoms. The minimum atomic E-state index is -0.223. The highest BCUT2D eigenvalue weighted by atomic mass is 16.5. The van der Waals surface area contributed by atoms with E-state index in [9.17, 15) is 4.79 Å². The highest BCUT2D eigenvalue weighted by Crippen LogP contribution is 2.23. The molecule has 0 spiro atoms. The monoisotopic (exact) mass is 317 g/mol. The SMILES string of the molecule is COCCCNC(=O)c1ccc(COc2c(C)cccc2C)o1. The molecular weight excluding hydrogens is 294 g/mol. The van der Waals surface area contributed by atoms with Crippen molar-refractivity contribution >= 4 is 5.91 Å². The molecule has 0 atom stereocenters. The Morgan fingerprint density at radius 1 is 1.17 bits per heavy atom. The topological polar surface area (TPSA) is 60.7 Å². The Bertz CT molecular complexity index is 628. The van der Waals surface area contributed by atoms with Crippen LogP contribution in [0.25, 0.3) is 0 Å². The van der Waals surface area contributed by atoms with Gasteiger partial charge in [-0.05, 0) is 43.5 Å². The third-order valence-electron chi connectivity index (χ3n) is 3.46. The predicted molar refractivity (Wildman–Crippen MR) is 87.8 cm³/mol. The molecule has 0 saturated carbocycles. The first-order chi connectivity index (χ1) is 11.1. The lowest BCUT2D eigenvalue weighted by Crippen LogP contribution is -2.24. The van der Waals surface area contributed by atoms with Crippen molar-refractivity contribution in [2.45, 2.75) is 26.9 Å². The van der Waals surface area contributed by atoms with Crippen LogP contribution >= 0.6 is 0 Å². The van der Waals surface area contributed by atoms with E-state index in [-0.39, 0.29) is 5.91 Å². The number of carbonyl (C=O) groups is 1. The second kappa shape index (κ2) is 8.39. The van der Waals surface area contributed by atoms with Gasteiger partial charge in [-0.25, -0.2) is 0 Å². The van der Waals surface area contributed by atoms with E-state index in [2.05, 4.69) is 5.32 Å². The summed E-state index contributed by atoms with van der Waals surface area (Å²) in [6.45, 7) is 5.48. The van der Waals surface area contributed by atoms with Crippen molar-refractivity contribution in [1.82, 2.24) is 5.32 Å². The Morgan fingerprint density at radius 2 is 1.91 bits per heavy atom. The van der Waals surface area contributed by atoms with E-state index >= 15 is 0 Å². The van der Waals surface area contributed by atoms with Gasteiger partial charge in [-0.15, -0.1) is 0 Å². The van der Waals surface area contributed by atoms with Crippen LogP contribution < -0.4 is 10.1 Å². The van der Waals surface area contributed by atoms with Gasteiger partial charge in [-0.3, -0.25) is 4.79 Å². The van der Waals surface area contributed by atoms with Gasteiger partial charge >= 0.3 is 0 Å². The van der Waals surface area contributed by atoms with Crippen LogP contribution in [0.2, 0.25) is 0 Å². The number of ether oxygens (including phenoxy) is 2. The number of rotatable bonds is 8. The molecule has 0 aliphatic rings. The van der Waals surface area contributed by atoms with E-state index < -0.39 is 0 Å². The van der Waals surface area contributed by atoms with Crippen molar-refractivity contribution in [3.05, 3.63) is 53.0 Å². The first kappa shape index (κ1) is 17.1. The number of hydrogen-bond donors (Lipinski definition) is 1. The van der Waals surface area contributed by atoms with E-state index in [1.165, 1.54) is 0 Å². The summed E-state index contributed by atoms with van der Waals surface area (Å²) in [7, 11) is 1.64. The zero-order chi connectivity index (χ0) is 16.7. The number of aryl methyl sites for hydroxylation is 2. The molecule has 1 heterocycles. The molecule has 0 saturated heterocycles. The van der Waals surface area contributed by atoms with Gasteiger partial charge in [-0.2, -0.15) is 0 Å². The van der Waals surface area contributed by atoms with Crippen LogP contribution in [-0.2, 0) is 11.3 Å². The summed E-state index contributed by atoms with van der Waals surface area (Å²) in [6.07, 6.45) is 0.769. The molecule has 1 amide bonds. The van der Waals surface area contributed by atoms with Gasteiger partial charge in [0.15, 0.2) is 5.76 Å². The maximum atomic E-state index is 11.9. The second-order valence-electron chi connectivity index (χ2n) is 5.38. The molecule has 2 rings (SSSR count). The molecule has 0 aliphatic carbocycles. The summed E-state index contributed by atoms with van der Waals surface area (Å²) in [4.78, 5) is 11.9. The van der Waals surface area contributed by atoms with Crippen molar-refractivity contribution < 1.29 is 18.7 Å². The second-order valence-corrected chi connectivity index (χ2v) is 5.38. The smallest absolute Gasteiger partial charge is 0.286 e. The Morgan fingerprint density at radius 3 is 2.61 bits per heavy atom. The fourth-order valence-corrected chi connectivity index (χ4v) is 2.25. The molecule has 1 aromatic carbocycles. The van der Waals surface area contributed by atoms with E-state index in [1.807, 2.05) is 32.0 Å². The molecule has 1 N–H and O–H groups in total. The average Bonchev–Trinajstić information content (AvgIpc) is 3.00. The number of hydrogen-bond acceptors (Lipinski definition) is 4. The molecule has 2 aromatic rings. The highest BCUT2D eigenvalue weighted by molar-refractivity contribution is 5.91. The van der Waals surface area contributed by atoms with Gasteiger partial charge in [0.2, 0.25) is 0 Å². The van der Waals surface area contributed by atoms with E-state index in [4.69, 9.17) is 13.9 Å². The molecule has 5 nitrogen and oxygen atoms in total. The lowest BCUT2D eigenvalue weighted by Gasteiger charge is -2.10. The maximum Gasteiger partial charge on any atom is 0.286 e. The largest absolute Gasteiger partial charge is 0.485 e. The third kappa shape index (κ3) is 4.86. The molecule has 124 valence electrons. The Balaban J connectivity index is 1.88. The van der Waals surface area contributed by atoms with Crippen LogP contribution in [0.15, 0.2) is 34.7 Å². The van der Waals surface area contributed by atoms with Crippen LogP contribution in [0, 0.1) is 13.8 Å². The van der Waals surface area contributed by atoms with Gasteiger partial charge < -0.3 is 19.2 Å². The van der Waals surface area contributed by atoms with Crippen LogP contribution in [0.3, 0.4) is 0 Å². The molecule has 5 heteroatoms. The van der Waals surface area contributed by atoms with E-state index in [0.29, 0.717) is 31.3 Å². The normalized spacial score (nSPS) is 10.6. The average molecular weight is 317 g/mol. The molecule has 0 radical (unpaired) electrons. The van der Waals surface area contributed by atoms with Gasteiger partial charge in [0.05, 0.1) is 0 Å². The third-order valence-corrected chi connectivity index (χ3v) is 3.46. The van der Waals surface area contributed by atoms with Crippen LogP contribution in [0.4, 0.5) is 0 Å². The fourth-order valence-electron chi connectivity index (χ4n) is 2.25.